The van der Waals surface area contributed by atoms with Crippen LogP contribution in [0.2, 0.25) is 0 Å². The molecular formula is C16H13N5O. The first-order valence-corrected chi connectivity index (χ1v) is 6.69. The molecule has 0 unspecified atom stereocenters. The van der Waals surface area contributed by atoms with Crippen LogP contribution in [0.3, 0.4) is 0 Å². The first kappa shape index (κ1) is 13.7. The highest BCUT2D eigenvalue weighted by Crippen LogP contribution is 2.10. The van der Waals surface area contributed by atoms with Gasteiger partial charge in [-0.25, -0.2) is 5.43 Å². The second kappa shape index (κ2) is 6.45. The van der Waals surface area contributed by atoms with E-state index in [1.165, 1.54) is 0 Å². The van der Waals surface area contributed by atoms with Crippen molar-refractivity contribution in [3.8, 4) is 11.3 Å². The molecule has 108 valence electrons. The van der Waals surface area contributed by atoms with Gasteiger partial charge in [-0.15, -0.1) is 10.2 Å². The molecule has 2 N–H and O–H groups in total. The van der Waals surface area contributed by atoms with Gasteiger partial charge in [-0.05, 0) is 5.56 Å². The molecule has 22 heavy (non-hydrogen) atoms. The summed E-state index contributed by atoms with van der Waals surface area (Å²) in [7, 11) is 0. The summed E-state index contributed by atoms with van der Waals surface area (Å²) in [5.41, 5.74) is 4.26. The number of aromatic amines is 1. The number of anilines is 1. The third-order valence-corrected chi connectivity index (χ3v) is 2.93. The van der Waals surface area contributed by atoms with Crippen LogP contribution < -0.4 is 11.0 Å². The van der Waals surface area contributed by atoms with Crippen molar-refractivity contribution in [1.82, 2.24) is 15.2 Å². The predicted molar refractivity (Wildman–Crippen MR) is 85.7 cm³/mol. The van der Waals surface area contributed by atoms with E-state index in [-0.39, 0.29) is 17.2 Å². The molecule has 0 aliphatic carbocycles. The van der Waals surface area contributed by atoms with Gasteiger partial charge in [0, 0.05) is 5.56 Å². The van der Waals surface area contributed by atoms with Gasteiger partial charge in [0.1, 0.15) is 0 Å². The Bertz CT molecular complexity index is 828. The van der Waals surface area contributed by atoms with Crippen molar-refractivity contribution >= 4 is 12.2 Å². The molecule has 3 aromatic rings. The highest BCUT2D eigenvalue weighted by atomic mass is 16.1. The van der Waals surface area contributed by atoms with Crippen LogP contribution >= 0.6 is 0 Å². The monoisotopic (exact) mass is 291 g/mol. The molecule has 0 spiro atoms. The summed E-state index contributed by atoms with van der Waals surface area (Å²) in [5, 5.41) is 11.9. The fraction of sp³-hybridized carbons (Fsp3) is 0. The van der Waals surface area contributed by atoms with Crippen LogP contribution in [0.5, 0.6) is 0 Å². The standard InChI is InChI=1S/C16H13N5O/c22-15-14(13-9-5-2-6-10-13)19-21-16(18-15)20-17-11-12-7-3-1-4-8-12/h1-11H,(H2,18,20,21,22)/b17-11+. The molecule has 0 aliphatic heterocycles. The Morgan fingerprint density at radius 2 is 1.64 bits per heavy atom. The zero-order chi connectivity index (χ0) is 15.2. The lowest BCUT2D eigenvalue weighted by atomic mass is 10.2. The van der Waals surface area contributed by atoms with Crippen molar-refractivity contribution in [3.63, 3.8) is 0 Å². The SMILES string of the molecule is O=c1[nH]c(N/N=C/c2ccccc2)nnc1-c1ccccc1. The maximum Gasteiger partial charge on any atom is 0.279 e. The lowest BCUT2D eigenvalue weighted by Crippen LogP contribution is -2.15. The smallest absolute Gasteiger partial charge is 0.279 e. The molecule has 0 aliphatic rings. The minimum absolute atomic E-state index is 0.192. The average Bonchev–Trinajstić information content (AvgIpc) is 2.57. The summed E-state index contributed by atoms with van der Waals surface area (Å²) >= 11 is 0. The van der Waals surface area contributed by atoms with E-state index in [0.29, 0.717) is 0 Å². The van der Waals surface area contributed by atoms with Crippen LogP contribution in [0.25, 0.3) is 11.3 Å². The molecular weight excluding hydrogens is 278 g/mol. The highest BCUT2D eigenvalue weighted by Gasteiger charge is 2.06. The van der Waals surface area contributed by atoms with E-state index in [1.807, 2.05) is 48.5 Å². The molecule has 0 fully saturated rings. The van der Waals surface area contributed by atoms with Crippen LogP contribution in [-0.2, 0) is 0 Å². The summed E-state index contributed by atoms with van der Waals surface area (Å²) in [4.78, 5) is 14.6. The molecule has 1 heterocycles. The third-order valence-electron chi connectivity index (χ3n) is 2.93. The van der Waals surface area contributed by atoms with E-state index < -0.39 is 0 Å². The minimum atomic E-state index is -0.321. The fourth-order valence-electron chi connectivity index (χ4n) is 1.88. The molecule has 0 saturated carbocycles. The van der Waals surface area contributed by atoms with E-state index in [9.17, 15) is 4.79 Å². The van der Waals surface area contributed by atoms with Crippen molar-refractivity contribution < 1.29 is 0 Å². The zero-order valence-corrected chi connectivity index (χ0v) is 11.6. The van der Waals surface area contributed by atoms with E-state index in [2.05, 4.69) is 25.7 Å². The number of nitrogens with zero attached hydrogens (tertiary/aromatic N) is 3. The van der Waals surface area contributed by atoms with E-state index in [4.69, 9.17) is 0 Å². The van der Waals surface area contributed by atoms with Crippen molar-refractivity contribution in [2.24, 2.45) is 5.10 Å². The summed E-state index contributed by atoms with van der Waals surface area (Å²) in [6.45, 7) is 0. The molecule has 0 saturated heterocycles. The van der Waals surface area contributed by atoms with Gasteiger partial charge in [-0.2, -0.15) is 5.10 Å². The van der Waals surface area contributed by atoms with Crippen molar-refractivity contribution in [2.75, 3.05) is 5.43 Å². The van der Waals surface area contributed by atoms with E-state index >= 15 is 0 Å². The Balaban J connectivity index is 1.76. The van der Waals surface area contributed by atoms with Crippen LogP contribution in [0.15, 0.2) is 70.6 Å². The van der Waals surface area contributed by atoms with Gasteiger partial charge in [0.25, 0.3) is 5.56 Å². The number of benzene rings is 2. The first-order chi connectivity index (χ1) is 10.8. The van der Waals surface area contributed by atoms with E-state index in [0.717, 1.165) is 11.1 Å². The first-order valence-electron chi connectivity index (χ1n) is 6.69. The Morgan fingerprint density at radius 1 is 0.955 bits per heavy atom. The third kappa shape index (κ3) is 3.24. The van der Waals surface area contributed by atoms with Crippen LogP contribution in [0.4, 0.5) is 5.95 Å². The molecule has 0 radical (unpaired) electrons. The lowest BCUT2D eigenvalue weighted by Gasteiger charge is -2.01. The summed E-state index contributed by atoms with van der Waals surface area (Å²) in [6.07, 6.45) is 1.63. The number of hydrazone groups is 1. The van der Waals surface area contributed by atoms with Gasteiger partial charge in [-0.3, -0.25) is 9.78 Å². The summed E-state index contributed by atoms with van der Waals surface area (Å²) < 4.78 is 0. The van der Waals surface area contributed by atoms with Gasteiger partial charge >= 0.3 is 0 Å². The van der Waals surface area contributed by atoms with Crippen molar-refractivity contribution in [1.29, 1.82) is 0 Å². The minimum Gasteiger partial charge on any atom is -0.288 e. The Morgan fingerprint density at radius 3 is 2.32 bits per heavy atom. The van der Waals surface area contributed by atoms with Gasteiger partial charge in [0.2, 0.25) is 5.95 Å². The van der Waals surface area contributed by atoms with Crippen LogP contribution in [0.1, 0.15) is 5.56 Å². The Hall–Kier alpha value is -3.28. The summed E-state index contributed by atoms with van der Waals surface area (Å²) in [5.74, 6) is 0.192. The maximum atomic E-state index is 12.0. The zero-order valence-electron chi connectivity index (χ0n) is 11.6. The predicted octanol–water partition coefficient (Wildman–Crippen LogP) is 2.28. The number of rotatable bonds is 4. The Kier molecular flexibility index (Phi) is 4.01. The molecule has 3 rings (SSSR count). The second-order valence-electron chi connectivity index (χ2n) is 4.50. The second-order valence-corrected chi connectivity index (χ2v) is 4.50. The number of aromatic nitrogens is 3. The number of H-pyrrole nitrogens is 1. The average molecular weight is 291 g/mol. The van der Waals surface area contributed by atoms with E-state index in [1.54, 1.807) is 18.3 Å². The normalized spacial score (nSPS) is 10.7. The van der Waals surface area contributed by atoms with Crippen LogP contribution in [0, 0.1) is 0 Å². The topological polar surface area (TPSA) is 83.0 Å². The van der Waals surface area contributed by atoms with Gasteiger partial charge < -0.3 is 0 Å². The summed E-state index contributed by atoms with van der Waals surface area (Å²) in [6, 6.07) is 18.8. The maximum absolute atomic E-state index is 12.0. The van der Waals surface area contributed by atoms with Gasteiger partial charge in [0.05, 0.1) is 6.21 Å². The van der Waals surface area contributed by atoms with Gasteiger partial charge in [-0.1, -0.05) is 60.7 Å². The van der Waals surface area contributed by atoms with Crippen LogP contribution in [-0.4, -0.2) is 21.4 Å². The molecule has 0 atom stereocenters. The van der Waals surface area contributed by atoms with Crippen molar-refractivity contribution in [2.45, 2.75) is 0 Å². The van der Waals surface area contributed by atoms with Gasteiger partial charge in [0.15, 0.2) is 5.69 Å². The molecule has 0 bridgehead atoms. The highest BCUT2D eigenvalue weighted by molar-refractivity contribution is 5.79. The largest absolute Gasteiger partial charge is 0.288 e. The lowest BCUT2D eigenvalue weighted by molar-refractivity contribution is 0.947. The molecule has 1 aromatic heterocycles. The molecule has 6 nitrogen and oxygen atoms in total. The number of hydrogen-bond acceptors (Lipinski definition) is 5. The number of nitrogens with one attached hydrogen (secondary N) is 2. The van der Waals surface area contributed by atoms with Crippen molar-refractivity contribution in [3.05, 3.63) is 76.6 Å². The number of hydrogen-bond donors (Lipinski definition) is 2. The molecule has 6 heteroatoms. The quantitative estimate of drug-likeness (QED) is 0.570. The molecule has 2 aromatic carbocycles. The Labute approximate surface area is 126 Å². The fourth-order valence-corrected chi connectivity index (χ4v) is 1.88. The molecule has 0 amide bonds.